The Labute approximate surface area is 173 Å². The zero-order valence-corrected chi connectivity index (χ0v) is 18.2. The molecule has 1 heterocycles. The number of carbonyl (C=O) groups is 3. The first-order valence-corrected chi connectivity index (χ1v) is 10.5. The van der Waals surface area contributed by atoms with Crippen molar-refractivity contribution in [3.8, 4) is 0 Å². The van der Waals surface area contributed by atoms with Crippen molar-refractivity contribution in [1.82, 2.24) is 4.90 Å². The number of benzene rings is 1. The summed E-state index contributed by atoms with van der Waals surface area (Å²) in [6, 6.07) is 6.73. The molecule has 7 nitrogen and oxygen atoms in total. The summed E-state index contributed by atoms with van der Waals surface area (Å²) in [5.74, 6) is 0.898. The fraction of sp³-hybridized carbons (Fsp3) is 0.591. The molecule has 0 spiro atoms. The van der Waals surface area contributed by atoms with E-state index < -0.39 is 0 Å². The molecule has 1 aliphatic heterocycles. The van der Waals surface area contributed by atoms with E-state index in [4.69, 9.17) is 0 Å². The van der Waals surface area contributed by atoms with Gasteiger partial charge in [0.25, 0.3) is 11.8 Å². The van der Waals surface area contributed by atoms with Gasteiger partial charge in [0.1, 0.15) is 0 Å². The van der Waals surface area contributed by atoms with E-state index in [1.165, 1.54) is 6.92 Å². The lowest BCUT2D eigenvalue weighted by Crippen LogP contribution is -3.17. The summed E-state index contributed by atoms with van der Waals surface area (Å²) in [5.41, 5.74) is 1.35. The van der Waals surface area contributed by atoms with Gasteiger partial charge in [-0.3, -0.25) is 14.4 Å². The van der Waals surface area contributed by atoms with Gasteiger partial charge in [-0.15, -0.1) is 0 Å². The Morgan fingerprint density at radius 2 is 1.59 bits per heavy atom. The van der Waals surface area contributed by atoms with Gasteiger partial charge in [0.05, 0.1) is 6.54 Å². The summed E-state index contributed by atoms with van der Waals surface area (Å²) >= 11 is 0. The zero-order chi connectivity index (χ0) is 21.6. The fourth-order valence-corrected chi connectivity index (χ4v) is 4.13. The summed E-state index contributed by atoms with van der Waals surface area (Å²) in [5, 5.41) is 5.57. The quantitative estimate of drug-likeness (QED) is 0.643. The molecule has 2 rings (SSSR count). The molecule has 1 saturated heterocycles. The number of quaternary nitrogens is 1. The molecule has 4 atom stereocenters. The maximum absolute atomic E-state index is 13.0. The third-order valence-corrected chi connectivity index (χ3v) is 5.49. The lowest BCUT2D eigenvalue weighted by atomic mass is 9.91. The van der Waals surface area contributed by atoms with Gasteiger partial charge in [-0.05, 0) is 56.4 Å². The lowest BCUT2D eigenvalue weighted by molar-refractivity contribution is -0.904. The Balaban J connectivity index is 1.92. The molecule has 0 bridgehead atoms. The van der Waals surface area contributed by atoms with E-state index >= 15 is 0 Å². The van der Waals surface area contributed by atoms with Crippen molar-refractivity contribution in [2.24, 2.45) is 11.8 Å². The third-order valence-electron chi connectivity index (χ3n) is 5.49. The number of nitrogens with one attached hydrogen (secondary N) is 3. The molecule has 0 saturated carbocycles. The molecule has 1 aliphatic rings. The van der Waals surface area contributed by atoms with Gasteiger partial charge in [-0.2, -0.15) is 0 Å². The monoisotopic (exact) mass is 403 g/mol. The van der Waals surface area contributed by atoms with Crippen LogP contribution in [0.2, 0.25) is 0 Å². The van der Waals surface area contributed by atoms with Crippen LogP contribution in [0.25, 0.3) is 0 Å². The summed E-state index contributed by atoms with van der Waals surface area (Å²) in [4.78, 5) is 39.5. The second-order valence-corrected chi connectivity index (χ2v) is 8.41. The molecule has 7 heteroatoms. The highest BCUT2D eigenvalue weighted by atomic mass is 16.2. The van der Waals surface area contributed by atoms with Crippen molar-refractivity contribution in [2.75, 3.05) is 36.8 Å². The number of amides is 3. The minimum absolute atomic E-state index is 0.130. The number of nitrogens with zero attached hydrogens (tertiary/aromatic N) is 1. The number of hydrogen-bond donors (Lipinski definition) is 3. The molecule has 1 unspecified atom stereocenters. The number of hydrogen-bond acceptors (Lipinski definition) is 3. The van der Waals surface area contributed by atoms with E-state index in [9.17, 15) is 14.4 Å². The Morgan fingerprint density at radius 1 is 1.07 bits per heavy atom. The number of likely N-dealkylation sites (N-methyl/N-ethyl adjacent to an activating group) is 1. The van der Waals surface area contributed by atoms with Crippen molar-refractivity contribution in [3.05, 3.63) is 24.3 Å². The summed E-state index contributed by atoms with van der Waals surface area (Å²) in [6.45, 7) is 12.3. The summed E-state index contributed by atoms with van der Waals surface area (Å²) in [6.07, 6.45) is 1.16. The Kier molecular flexibility index (Phi) is 8.20. The van der Waals surface area contributed by atoms with Crippen molar-refractivity contribution < 1.29 is 19.3 Å². The second-order valence-electron chi connectivity index (χ2n) is 8.41. The van der Waals surface area contributed by atoms with Crippen LogP contribution in [0.5, 0.6) is 0 Å². The summed E-state index contributed by atoms with van der Waals surface area (Å²) in [7, 11) is 0. The maximum Gasteiger partial charge on any atom is 0.280 e. The van der Waals surface area contributed by atoms with Gasteiger partial charge < -0.3 is 20.4 Å². The average molecular weight is 404 g/mol. The van der Waals surface area contributed by atoms with Gasteiger partial charge in [0, 0.05) is 31.4 Å². The number of likely N-dealkylation sites (tertiary alicyclic amines) is 1. The predicted molar refractivity (Wildman–Crippen MR) is 115 cm³/mol. The second kappa shape index (κ2) is 10.4. The number of piperidine rings is 1. The van der Waals surface area contributed by atoms with E-state index in [0.29, 0.717) is 29.8 Å². The van der Waals surface area contributed by atoms with Crippen LogP contribution in [-0.4, -0.2) is 54.8 Å². The normalized spacial score (nSPS) is 21.2. The smallest absolute Gasteiger partial charge is 0.280 e. The molecule has 0 aliphatic carbocycles. The Hall–Kier alpha value is -2.41. The van der Waals surface area contributed by atoms with Gasteiger partial charge in [0.2, 0.25) is 5.91 Å². The minimum Gasteiger partial charge on any atom is -0.337 e. The van der Waals surface area contributed by atoms with Crippen LogP contribution in [0.3, 0.4) is 0 Å². The first-order chi connectivity index (χ1) is 13.7. The SMILES string of the molecule is CC[NH+](CC(=O)Nc1ccc(NC(C)=O)cc1)[C@H](C)C(=O)N1C[C@H](C)C[C@H](C)C1. The highest BCUT2D eigenvalue weighted by Crippen LogP contribution is 2.21. The van der Waals surface area contributed by atoms with Crippen LogP contribution in [0.1, 0.15) is 41.0 Å². The molecule has 3 N–H and O–H groups in total. The minimum atomic E-state index is -0.259. The van der Waals surface area contributed by atoms with Gasteiger partial charge in [-0.25, -0.2) is 0 Å². The molecular formula is C22H35N4O3+. The molecule has 160 valence electrons. The average Bonchev–Trinajstić information content (AvgIpc) is 2.65. The standard InChI is InChI=1S/C22H34N4O3/c1-6-25(17(4)22(29)26-12-15(2)11-16(3)13-26)14-21(28)24-20-9-7-19(8-10-20)23-18(5)27/h7-10,15-17H,6,11-14H2,1-5H3,(H,23,27)(H,24,28)/p+1/t15-,16+,17-/m1/s1. The predicted octanol–water partition coefficient (Wildman–Crippen LogP) is 1.38. The molecule has 0 radical (unpaired) electrons. The molecular weight excluding hydrogens is 368 g/mol. The van der Waals surface area contributed by atoms with E-state index in [1.54, 1.807) is 24.3 Å². The van der Waals surface area contributed by atoms with Crippen LogP contribution in [0.15, 0.2) is 24.3 Å². The topological polar surface area (TPSA) is 83.0 Å². The summed E-state index contributed by atoms with van der Waals surface area (Å²) < 4.78 is 0. The van der Waals surface area contributed by atoms with E-state index in [2.05, 4.69) is 24.5 Å². The molecule has 29 heavy (non-hydrogen) atoms. The van der Waals surface area contributed by atoms with Crippen molar-refractivity contribution >= 4 is 29.1 Å². The van der Waals surface area contributed by atoms with Crippen LogP contribution >= 0.6 is 0 Å². The number of anilines is 2. The van der Waals surface area contributed by atoms with Gasteiger partial charge in [0.15, 0.2) is 12.6 Å². The molecule has 1 fully saturated rings. The van der Waals surface area contributed by atoms with Crippen molar-refractivity contribution in [2.45, 2.75) is 47.1 Å². The largest absolute Gasteiger partial charge is 0.337 e. The van der Waals surface area contributed by atoms with Gasteiger partial charge >= 0.3 is 0 Å². The first kappa shape index (κ1) is 22.9. The zero-order valence-electron chi connectivity index (χ0n) is 18.2. The maximum atomic E-state index is 13.0. The van der Waals surface area contributed by atoms with E-state index in [1.807, 2.05) is 18.7 Å². The number of rotatable bonds is 7. The molecule has 1 aromatic carbocycles. The fourth-order valence-electron chi connectivity index (χ4n) is 4.13. The van der Waals surface area contributed by atoms with Crippen molar-refractivity contribution in [1.29, 1.82) is 0 Å². The van der Waals surface area contributed by atoms with Crippen LogP contribution in [0.4, 0.5) is 11.4 Å². The van der Waals surface area contributed by atoms with Gasteiger partial charge in [-0.1, -0.05) is 13.8 Å². The van der Waals surface area contributed by atoms with E-state index in [-0.39, 0.29) is 30.3 Å². The third kappa shape index (κ3) is 6.85. The molecule has 1 aromatic rings. The van der Waals surface area contributed by atoms with Crippen LogP contribution < -0.4 is 15.5 Å². The molecule has 3 amide bonds. The van der Waals surface area contributed by atoms with E-state index in [0.717, 1.165) is 24.4 Å². The van der Waals surface area contributed by atoms with Crippen LogP contribution in [-0.2, 0) is 14.4 Å². The lowest BCUT2D eigenvalue weighted by Gasteiger charge is -2.37. The van der Waals surface area contributed by atoms with Crippen molar-refractivity contribution in [3.63, 3.8) is 0 Å². The number of carbonyl (C=O) groups excluding carboxylic acids is 3. The first-order valence-electron chi connectivity index (χ1n) is 10.5. The highest BCUT2D eigenvalue weighted by Gasteiger charge is 2.33. The highest BCUT2D eigenvalue weighted by molar-refractivity contribution is 5.93. The molecule has 0 aromatic heterocycles. The Morgan fingerprint density at radius 3 is 2.07 bits per heavy atom. The Bertz CT molecular complexity index is 709. The van der Waals surface area contributed by atoms with Crippen LogP contribution in [0, 0.1) is 11.8 Å².